The van der Waals surface area contributed by atoms with Crippen LogP contribution in [0.15, 0.2) is 48.5 Å². The van der Waals surface area contributed by atoms with Gasteiger partial charge < -0.3 is 20.7 Å². The van der Waals surface area contributed by atoms with E-state index in [0.29, 0.717) is 12.3 Å². The summed E-state index contributed by atoms with van der Waals surface area (Å²) in [5.74, 6) is 0.673. The van der Waals surface area contributed by atoms with E-state index >= 15 is 0 Å². The van der Waals surface area contributed by atoms with Crippen molar-refractivity contribution in [1.82, 2.24) is 10.6 Å². The highest BCUT2D eigenvalue weighted by Gasteiger charge is 2.21. The Bertz CT molecular complexity index is 782. The Morgan fingerprint density at radius 2 is 1.86 bits per heavy atom. The van der Waals surface area contributed by atoms with E-state index in [1.807, 2.05) is 55.5 Å². The summed E-state index contributed by atoms with van der Waals surface area (Å²) in [6.45, 7) is 4.27. The molecular formula is C22H27N3O3. The minimum atomic E-state index is -0.197. The van der Waals surface area contributed by atoms with Gasteiger partial charge in [-0.3, -0.25) is 9.59 Å². The normalized spacial score (nSPS) is 15.8. The van der Waals surface area contributed by atoms with Crippen LogP contribution in [0.5, 0.6) is 5.75 Å². The van der Waals surface area contributed by atoms with Gasteiger partial charge in [-0.1, -0.05) is 29.8 Å². The SMILES string of the molecule is Cc1ccc(NC(=O)COc2ccc(CCNC(=O)C3CCNC3)cc2)cc1. The molecule has 148 valence electrons. The molecule has 0 spiro atoms. The van der Waals surface area contributed by atoms with Crippen molar-refractivity contribution in [3.05, 3.63) is 59.7 Å². The number of ether oxygens (including phenoxy) is 1. The first-order valence-electron chi connectivity index (χ1n) is 9.67. The largest absolute Gasteiger partial charge is 0.484 e. The van der Waals surface area contributed by atoms with Gasteiger partial charge in [0.15, 0.2) is 6.61 Å². The van der Waals surface area contributed by atoms with E-state index in [4.69, 9.17) is 4.74 Å². The Kier molecular flexibility index (Phi) is 7.03. The summed E-state index contributed by atoms with van der Waals surface area (Å²) in [5, 5.41) is 8.99. The van der Waals surface area contributed by atoms with Crippen molar-refractivity contribution < 1.29 is 14.3 Å². The highest BCUT2D eigenvalue weighted by atomic mass is 16.5. The molecule has 0 saturated carbocycles. The minimum absolute atomic E-state index is 0.0430. The third-order valence-corrected chi connectivity index (χ3v) is 4.77. The monoisotopic (exact) mass is 381 g/mol. The van der Waals surface area contributed by atoms with E-state index in [-0.39, 0.29) is 24.3 Å². The average molecular weight is 381 g/mol. The maximum Gasteiger partial charge on any atom is 0.262 e. The van der Waals surface area contributed by atoms with Crippen molar-refractivity contribution in [2.75, 3.05) is 31.6 Å². The number of carbonyl (C=O) groups is 2. The predicted molar refractivity (Wildman–Crippen MR) is 109 cm³/mol. The van der Waals surface area contributed by atoms with Crippen molar-refractivity contribution in [3.8, 4) is 5.75 Å². The predicted octanol–water partition coefficient (Wildman–Crippen LogP) is 2.28. The Balaban J connectivity index is 1.37. The Morgan fingerprint density at radius 1 is 1.11 bits per heavy atom. The van der Waals surface area contributed by atoms with Crippen LogP contribution in [0.2, 0.25) is 0 Å². The number of carbonyl (C=O) groups excluding carboxylic acids is 2. The Morgan fingerprint density at radius 3 is 2.54 bits per heavy atom. The summed E-state index contributed by atoms with van der Waals surface area (Å²) in [7, 11) is 0. The molecular weight excluding hydrogens is 354 g/mol. The number of benzene rings is 2. The van der Waals surface area contributed by atoms with Crippen LogP contribution in [0.1, 0.15) is 17.5 Å². The third-order valence-electron chi connectivity index (χ3n) is 4.77. The van der Waals surface area contributed by atoms with Crippen molar-refractivity contribution in [1.29, 1.82) is 0 Å². The number of hydrogen-bond acceptors (Lipinski definition) is 4. The number of aryl methyl sites for hydroxylation is 1. The first-order chi connectivity index (χ1) is 13.6. The first kappa shape index (κ1) is 19.9. The van der Waals surface area contributed by atoms with Crippen LogP contribution in [0.25, 0.3) is 0 Å². The lowest BCUT2D eigenvalue weighted by Gasteiger charge is -2.10. The van der Waals surface area contributed by atoms with Gasteiger partial charge in [0.05, 0.1) is 5.92 Å². The smallest absolute Gasteiger partial charge is 0.262 e. The summed E-state index contributed by atoms with van der Waals surface area (Å²) >= 11 is 0. The Labute approximate surface area is 165 Å². The summed E-state index contributed by atoms with van der Waals surface area (Å²) in [4.78, 5) is 23.9. The fourth-order valence-corrected chi connectivity index (χ4v) is 3.09. The molecule has 3 rings (SSSR count). The van der Waals surface area contributed by atoms with Crippen molar-refractivity contribution in [2.24, 2.45) is 5.92 Å². The molecule has 1 unspecified atom stereocenters. The molecule has 2 amide bonds. The topological polar surface area (TPSA) is 79.5 Å². The second-order valence-corrected chi connectivity index (χ2v) is 7.08. The van der Waals surface area contributed by atoms with Crippen LogP contribution in [0.4, 0.5) is 5.69 Å². The van der Waals surface area contributed by atoms with E-state index < -0.39 is 0 Å². The van der Waals surface area contributed by atoms with E-state index in [2.05, 4.69) is 16.0 Å². The molecule has 1 heterocycles. The van der Waals surface area contributed by atoms with Gasteiger partial charge >= 0.3 is 0 Å². The third kappa shape index (κ3) is 6.09. The molecule has 2 aromatic carbocycles. The van der Waals surface area contributed by atoms with Crippen molar-refractivity contribution >= 4 is 17.5 Å². The highest BCUT2D eigenvalue weighted by Crippen LogP contribution is 2.13. The lowest BCUT2D eigenvalue weighted by Crippen LogP contribution is -2.33. The Hall–Kier alpha value is -2.86. The van der Waals surface area contributed by atoms with Crippen molar-refractivity contribution in [2.45, 2.75) is 19.8 Å². The van der Waals surface area contributed by atoms with Gasteiger partial charge in [-0.15, -0.1) is 0 Å². The standard InChI is InChI=1S/C22H27N3O3/c1-16-2-6-19(7-3-16)25-21(26)15-28-20-8-4-17(5-9-20)10-13-24-22(27)18-11-12-23-14-18/h2-9,18,23H,10-15H2,1H3,(H,24,27)(H,25,26). The number of hydrogen-bond donors (Lipinski definition) is 3. The zero-order valence-corrected chi connectivity index (χ0v) is 16.2. The van der Waals surface area contributed by atoms with Crippen molar-refractivity contribution in [3.63, 3.8) is 0 Å². The van der Waals surface area contributed by atoms with E-state index in [0.717, 1.165) is 42.7 Å². The summed E-state index contributed by atoms with van der Waals surface area (Å²) in [6, 6.07) is 15.2. The molecule has 1 aliphatic rings. The van der Waals surface area contributed by atoms with Gasteiger partial charge in [-0.2, -0.15) is 0 Å². The fraction of sp³-hybridized carbons (Fsp3) is 0.364. The molecule has 1 atom stereocenters. The van der Waals surface area contributed by atoms with E-state index in [1.165, 1.54) is 0 Å². The molecule has 2 aromatic rings. The van der Waals surface area contributed by atoms with Crippen LogP contribution in [0, 0.1) is 12.8 Å². The molecule has 6 heteroatoms. The lowest BCUT2D eigenvalue weighted by atomic mass is 10.1. The molecule has 0 aromatic heterocycles. The number of amides is 2. The zero-order chi connectivity index (χ0) is 19.8. The molecule has 28 heavy (non-hydrogen) atoms. The number of rotatable bonds is 8. The summed E-state index contributed by atoms with van der Waals surface area (Å²) in [5.41, 5.74) is 3.01. The maximum absolute atomic E-state index is 12.0. The molecule has 0 bridgehead atoms. The van der Waals surface area contributed by atoms with Gasteiger partial charge in [0.1, 0.15) is 5.75 Å². The molecule has 1 aliphatic heterocycles. The maximum atomic E-state index is 12.0. The summed E-state index contributed by atoms with van der Waals surface area (Å²) < 4.78 is 5.54. The molecule has 0 radical (unpaired) electrons. The second-order valence-electron chi connectivity index (χ2n) is 7.08. The molecule has 1 saturated heterocycles. The van der Waals surface area contributed by atoms with Crippen LogP contribution in [0.3, 0.4) is 0 Å². The summed E-state index contributed by atoms with van der Waals surface area (Å²) in [6.07, 6.45) is 1.68. The molecule has 0 aliphatic carbocycles. The average Bonchev–Trinajstić information content (AvgIpc) is 3.24. The van der Waals surface area contributed by atoms with Crippen LogP contribution in [-0.2, 0) is 16.0 Å². The van der Waals surface area contributed by atoms with Crippen LogP contribution in [-0.4, -0.2) is 38.1 Å². The molecule has 6 nitrogen and oxygen atoms in total. The number of anilines is 1. The number of nitrogens with one attached hydrogen (secondary N) is 3. The molecule has 3 N–H and O–H groups in total. The highest BCUT2D eigenvalue weighted by molar-refractivity contribution is 5.91. The van der Waals surface area contributed by atoms with Gasteiger partial charge in [-0.25, -0.2) is 0 Å². The quantitative estimate of drug-likeness (QED) is 0.655. The van der Waals surface area contributed by atoms with Gasteiger partial charge in [0.2, 0.25) is 5.91 Å². The van der Waals surface area contributed by atoms with E-state index in [1.54, 1.807) is 0 Å². The second kappa shape index (κ2) is 9.90. The van der Waals surface area contributed by atoms with Gasteiger partial charge in [0, 0.05) is 18.8 Å². The van der Waals surface area contributed by atoms with Gasteiger partial charge in [-0.05, 0) is 56.1 Å². The molecule has 1 fully saturated rings. The zero-order valence-electron chi connectivity index (χ0n) is 16.2. The van der Waals surface area contributed by atoms with Crippen LogP contribution < -0.4 is 20.7 Å². The minimum Gasteiger partial charge on any atom is -0.484 e. The van der Waals surface area contributed by atoms with E-state index in [9.17, 15) is 9.59 Å². The lowest BCUT2D eigenvalue weighted by molar-refractivity contribution is -0.124. The van der Waals surface area contributed by atoms with Gasteiger partial charge in [0.25, 0.3) is 5.91 Å². The first-order valence-corrected chi connectivity index (χ1v) is 9.67. The van der Waals surface area contributed by atoms with Crippen LogP contribution >= 0.6 is 0 Å². The fourth-order valence-electron chi connectivity index (χ4n) is 3.09.